The number of carbonyl (C=O) groups is 3. The lowest BCUT2D eigenvalue weighted by Gasteiger charge is -2.26. The molecule has 8 nitrogen and oxygen atoms in total. The number of hydrogen-bond acceptors (Lipinski definition) is 7. The molecule has 0 aliphatic heterocycles. The van der Waals surface area contributed by atoms with Crippen LogP contribution in [0.5, 0.6) is 0 Å². The molecule has 1 aliphatic carbocycles. The van der Waals surface area contributed by atoms with E-state index >= 15 is 0 Å². The van der Waals surface area contributed by atoms with Crippen molar-refractivity contribution in [2.75, 3.05) is 18.6 Å². The monoisotopic (exact) mass is 508 g/mol. The molecule has 32 heavy (non-hydrogen) atoms. The number of ketones is 1. The Morgan fingerprint density at radius 2 is 1.69 bits per heavy atom. The number of hydrazine groups is 1. The molecule has 174 valence electrons. The van der Waals surface area contributed by atoms with Crippen molar-refractivity contribution in [1.29, 1.82) is 0 Å². The number of nitrogens with zero attached hydrogens (tertiary/aromatic N) is 1. The summed E-state index contributed by atoms with van der Waals surface area (Å²) in [6.07, 6.45) is 1.89. The lowest BCUT2D eigenvalue weighted by Crippen LogP contribution is -2.37. The van der Waals surface area contributed by atoms with Crippen molar-refractivity contribution in [3.63, 3.8) is 0 Å². The van der Waals surface area contributed by atoms with Gasteiger partial charge in [0, 0.05) is 17.3 Å². The van der Waals surface area contributed by atoms with Gasteiger partial charge in [0.25, 0.3) is 0 Å². The molecular weight excluding hydrogens is 480 g/mol. The highest BCUT2D eigenvalue weighted by Gasteiger charge is 2.33. The normalized spacial score (nSPS) is 13.0. The molecule has 0 radical (unpaired) electrons. The summed E-state index contributed by atoms with van der Waals surface area (Å²) in [6, 6.07) is 7.09. The third-order valence-corrected chi connectivity index (χ3v) is 5.14. The zero-order valence-corrected chi connectivity index (χ0v) is 20.0. The van der Waals surface area contributed by atoms with Crippen LogP contribution in [0.2, 0.25) is 0 Å². The first-order valence-electron chi connectivity index (χ1n) is 10.7. The number of anilines is 1. The fourth-order valence-corrected chi connectivity index (χ4v) is 3.11. The van der Waals surface area contributed by atoms with Crippen molar-refractivity contribution < 1.29 is 28.6 Å². The second-order valence-electron chi connectivity index (χ2n) is 7.14. The van der Waals surface area contributed by atoms with Gasteiger partial charge in [-0.1, -0.05) is 49.2 Å². The Morgan fingerprint density at radius 3 is 2.31 bits per heavy atom. The zero-order chi connectivity index (χ0) is 23.5. The minimum Gasteiger partial charge on any atom is -0.448 e. The van der Waals surface area contributed by atoms with Gasteiger partial charge >= 0.3 is 12.2 Å². The highest BCUT2D eigenvalue weighted by Crippen LogP contribution is 2.31. The van der Waals surface area contributed by atoms with Gasteiger partial charge in [-0.2, -0.15) is 5.01 Å². The van der Waals surface area contributed by atoms with Crippen molar-refractivity contribution in [2.45, 2.75) is 52.4 Å². The first-order chi connectivity index (χ1) is 15.4. The third-order valence-electron chi connectivity index (χ3n) is 4.61. The van der Waals surface area contributed by atoms with Crippen LogP contribution < -0.4 is 5.43 Å². The lowest BCUT2D eigenvalue weighted by atomic mass is 10.1. The first kappa shape index (κ1) is 25.5. The number of rotatable bonds is 11. The van der Waals surface area contributed by atoms with E-state index in [1.807, 2.05) is 13.8 Å². The van der Waals surface area contributed by atoms with Crippen LogP contribution in [0, 0.1) is 0 Å². The minimum atomic E-state index is -0.883. The van der Waals surface area contributed by atoms with Gasteiger partial charge < -0.3 is 14.2 Å². The van der Waals surface area contributed by atoms with E-state index in [9.17, 15) is 14.4 Å². The molecule has 0 saturated heterocycles. The number of halogens is 1. The summed E-state index contributed by atoms with van der Waals surface area (Å²) in [4.78, 5) is 37.4. The predicted octanol–water partition coefficient (Wildman–Crippen LogP) is 6.10. The van der Waals surface area contributed by atoms with Crippen LogP contribution in [-0.4, -0.2) is 36.3 Å². The summed E-state index contributed by atoms with van der Waals surface area (Å²) >= 11 is 3.36. The summed E-state index contributed by atoms with van der Waals surface area (Å²) < 4.78 is 16.5. The summed E-state index contributed by atoms with van der Waals surface area (Å²) in [6.45, 7) is 8.34. The molecule has 1 amide bonds. The molecular formula is C23H29BrN2O6. The third kappa shape index (κ3) is 7.40. The Morgan fingerprint density at radius 1 is 1.06 bits per heavy atom. The number of allylic oxidation sites excluding steroid dienone is 2. The van der Waals surface area contributed by atoms with Gasteiger partial charge in [0.05, 0.1) is 30.2 Å². The van der Waals surface area contributed by atoms with Gasteiger partial charge in [0.1, 0.15) is 5.76 Å². The molecule has 9 heteroatoms. The molecule has 1 aromatic carbocycles. The maximum atomic E-state index is 12.8. The highest BCUT2D eigenvalue weighted by molar-refractivity contribution is 9.10. The molecule has 0 atom stereocenters. The summed E-state index contributed by atoms with van der Waals surface area (Å²) in [5, 5.41) is 1.06. The van der Waals surface area contributed by atoms with Gasteiger partial charge in [-0.25, -0.2) is 9.59 Å². The van der Waals surface area contributed by atoms with Crippen LogP contribution in [0.15, 0.2) is 52.3 Å². The number of carbonyl (C=O) groups excluding carboxylic acids is 3. The molecule has 1 aromatic rings. The van der Waals surface area contributed by atoms with E-state index in [1.165, 1.54) is 0 Å². The number of unbranched alkanes of at least 4 members (excludes halogenated alkanes) is 2. The van der Waals surface area contributed by atoms with Crippen molar-refractivity contribution in [3.8, 4) is 0 Å². The van der Waals surface area contributed by atoms with Crippen LogP contribution in [-0.2, 0) is 19.0 Å². The predicted molar refractivity (Wildman–Crippen MR) is 124 cm³/mol. The number of hydrogen-bond donors (Lipinski definition) is 1. The van der Waals surface area contributed by atoms with Gasteiger partial charge in [0.15, 0.2) is 5.78 Å². The molecule has 0 spiro atoms. The first-order valence-corrected chi connectivity index (χ1v) is 11.5. The fourth-order valence-electron chi connectivity index (χ4n) is 2.84. The van der Waals surface area contributed by atoms with Crippen LogP contribution >= 0.6 is 15.9 Å². The highest BCUT2D eigenvalue weighted by atomic mass is 79.9. The quantitative estimate of drug-likeness (QED) is 0.219. The number of benzene rings is 1. The van der Waals surface area contributed by atoms with E-state index < -0.39 is 12.2 Å². The van der Waals surface area contributed by atoms with Crippen molar-refractivity contribution in [2.24, 2.45) is 0 Å². The average Bonchev–Trinajstić information content (AvgIpc) is 3.12. The van der Waals surface area contributed by atoms with Crippen molar-refractivity contribution in [3.05, 3.63) is 52.3 Å². The van der Waals surface area contributed by atoms with Crippen LogP contribution in [0.4, 0.5) is 15.3 Å². The SMILES string of the molecule is C=C(C1=C(OC(=O)OCCCC)CCC1=O)N(Nc1ccc(Br)cc1)C(=O)OCCCC. The van der Waals surface area contributed by atoms with Gasteiger partial charge in [-0.15, -0.1) is 0 Å². The largest absolute Gasteiger partial charge is 0.513 e. The Hall–Kier alpha value is -2.81. The Balaban J connectivity index is 2.25. The lowest BCUT2D eigenvalue weighted by molar-refractivity contribution is -0.114. The molecule has 0 fully saturated rings. The van der Waals surface area contributed by atoms with Crippen LogP contribution in [0.1, 0.15) is 52.4 Å². The molecule has 0 aromatic heterocycles. The second kappa shape index (κ2) is 12.9. The summed E-state index contributed by atoms with van der Waals surface area (Å²) in [7, 11) is 0. The molecule has 1 N–H and O–H groups in total. The maximum absolute atomic E-state index is 12.8. The number of nitrogens with one attached hydrogen (secondary N) is 1. The Labute approximate surface area is 196 Å². The van der Waals surface area contributed by atoms with Crippen LogP contribution in [0.25, 0.3) is 0 Å². The van der Waals surface area contributed by atoms with E-state index in [0.29, 0.717) is 18.5 Å². The van der Waals surface area contributed by atoms with Crippen molar-refractivity contribution >= 4 is 39.6 Å². The van der Waals surface area contributed by atoms with Gasteiger partial charge in [-0.05, 0) is 37.1 Å². The smallest absolute Gasteiger partial charge is 0.448 e. The van der Waals surface area contributed by atoms with Gasteiger partial charge in [-0.3, -0.25) is 10.2 Å². The topological polar surface area (TPSA) is 94.2 Å². The van der Waals surface area contributed by atoms with E-state index in [0.717, 1.165) is 22.3 Å². The molecule has 2 rings (SSSR count). The fraction of sp³-hybridized carbons (Fsp3) is 0.435. The molecule has 1 aliphatic rings. The van der Waals surface area contributed by atoms with E-state index in [4.69, 9.17) is 14.2 Å². The zero-order valence-electron chi connectivity index (χ0n) is 18.4. The van der Waals surface area contributed by atoms with E-state index in [1.54, 1.807) is 24.3 Å². The standard InChI is InChI=1S/C23H29BrN2O6/c1-4-6-14-30-22(28)26(25-18-10-8-17(24)9-11-18)16(3)21-19(27)12-13-20(21)32-23(29)31-15-7-5-2/h8-11,25H,3-7,12-15H2,1-2H3. The number of ether oxygens (including phenoxy) is 3. The maximum Gasteiger partial charge on any atom is 0.513 e. The number of amides is 1. The minimum absolute atomic E-state index is 0.0354. The second-order valence-corrected chi connectivity index (χ2v) is 8.06. The summed E-state index contributed by atoms with van der Waals surface area (Å²) in [5.74, 6) is -0.152. The Kier molecular flexibility index (Phi) is 10.3. The molecule has 0 unspecified atom stereocenters. The molecule has 0 saturated carbocycles. The van der Waals surface area contributed by atoms with Crippen molar-refractivity contribution in [1.82, 2.24) is 5.01 Å². The van der Waals surface area contributed by atoms with E-state index in [-0.39, 0.29) is 48.9 Å². The number of Topliss-reactive ketones (excluding diaryl/α,β-unsaturated/α-hetero) is 1. The van der Waals surface area contributed by atoms with E-state index in [2.05, 4.69) is 27.9 Å². The van der Waals surface area contributed by atoms with Gasteiger partial charge in [0.2, 0.25) is 0 Å². The molecule has 0 bridgehead atoms. The average molecular weight is 509 g/mol. The molecule has 0 heterocycles. The summed E-state index contributed by atoms with van der Waals surface area (Å²) in [5.41, 5.74) is 3.60. The van der Waals surface area contributed by atoms with Crippen LogP contribution in [0.3, 0.4) is 0 Å². The Bertz CT molecular complexity index is 866.